The van der Waals surface area contributed by atoms with Gasteiger partial charge in [0.15, 0.2) is 0 Å². The van der Waals surface area contributed by atoms with Gasteiger partial charge >= 0.3 is 0 Å². The molecule has 23 heteroatoms. The molecule has 0 fully saturated rings. The molecule has 16 rings (SSSR count). The molecule has 0 aliphatic heterocycles. The van der Waals surface area contributed by atoms with Gasteiger partial charge in [-0.05, 0) is 153 Å². The molecule has 0 saturated heterocycles. The van der Waals surface area contributed by atoms with Crippen molar-refractivity contribution in [2.75, 3.05) is 7.11 Å². The summed E-state index contributed by atoms with van der Waals surface area (Å²) in [5, 5.41) is 0. The van der Waals surface area contributed by atoms with Crippen LogP contribution in [0.15, 0.2) is 157 Å². The number of hydrogen-bond donors (Lipinski definition) is 5. The number of methoxy groups -OCH3 is 1. The Morgan fingerprint density at radius 3 is 1.39 bits per heavy atom. The first-order chi connectivity index (χ1) is 47.9. The Bertz CT molecular complexity index is 6100. The summed E-state index contributed by atoms with van der Waals surface area (Å²) >= 11 is 0. The molecule has 0 saturated carbocycles. The third kappa shape index (κ3) is 12.8. The van der Waals surface area contributed by atoms with Crippen molar-refractivity contribution < 1.29 is 13.5 Å². The predicted octanol–water partition coefficient (Wildman–Crippen LogP) is 14.6. The first-order valence-electron chi connectivity index (χ1n) is 33.6. The van der Waals surface area contributed by atoms with Crippen LogP contribution >= 0.6 is 0 Å². The van der Waals surface area contributed by atoms with Gasteiger partial charge in [-0.3, -0.25) is 24.0 Å². The Morgan fingerprint density at radius 1 is 0.400 bits per heavy atom. The standard InChI is InChI=1S/C19H17N3O2.2C15H16FN3O.2C14H15N3O/c1-3-14-17(12-8-10-13(24-2)11-9-12)21-19-20-15-6-4-5-7-16(15)22(19)18(14)23;1-4-10-13(8(2)3)18-15-17-11-7-9(16)5-6-12(11)19(15)14(10)20;1-4-10-13(8(2)3)18-15-17-11-6-5-9(16)7-12(11)19(15)14(10)20;1-8(2)10-7-13(18)17-12-5-4-9(3)6-11(12)16-14(17)15-10;1-8(2)11-7-13(18)17-12-6-9(3)4-5-10(12)15-14(17)16-11/h4-11H,3H2,1-2H3,(H,20,21);2*5-8H,4H2,1-3H3,(H,17,18);2*4-8H,1-3H3,(H,15,16). The number of rotatable bonds is 9. The van der Waals surface area contributed by atoms with Gasteiger partial charge in [0, 0.05) is 69.3 Å². The van der Waals surface area contributed by atoms with Crippen LogP contribution in [0.2, 0.25) is 0 Å². The highest BCUT2D eigenvalue weighted by Crippen LogP contribution is 2.27. The molecule has 16 aromatic rings. The minimum Gasteiger partial charge on any atom is -0.497 e. The van der Waals surface area contributed by atoms with E-state index in [9.17, 15) is 32.8 Å². The van der Waals surface area contributed by atoms with Gasteiger partial charge in [-0.2, -0.15) is 0 Å². The van der Waals surface area contributed by atoms with Gasteiger partial charge in [-0.15, -0.1) is 0 Å². The summed E-state index contributed by atoms with van der Waals surface area (Å²) < 4.78 is 39.8. The summed E-state index contributed by atoms with van der Waals surface area (Å²) in [6.07, 6.45) is 1.91. The highest BCUT2D eigenvalue weighted by Gasteiger charge is 2.21. The fourth-order valence-corrected chi connectivity index (χ4v) is 12.6. The van der Waals surface area contributed by atoms with Crippen LogP contribution in [0.3, 0.4) is 0 Å². The quantitative estimate of drug-likeness (QED) is 0.0907. The zero-order valence-corrected chi connectivity index (χ0v) is 58.3. The Hall–Kier alpha value is -11.6. The van der Waals surface area contributed by atoms with E-state index in [0.29, 0.717) is 75.8 Å². The van der Waals surface area contributed by atoms with Crippen LogP contribution in [0.5, 0.6) is 5.75 Å². The lowest BCUT2D eigenvalue weighted by atomic mass is 10.0. The molecule has 0 unspecified atom stereocenters. The molecule has 10 aromatic heterocycles. The van der Waals surface area contributed by atoms with Gasteiger partial charge < -0.3 is 29.7 Å². The van der Waals surface area contributed by atoms with Crippen LogP contribution in [0.1, 0.15) is 150 Å². The second kappa shape index (κ2) is 27.7. The Kier molecular flexibility index (Phi) is 18.9. The lowest BCUT2D eigenvalue weighted by Crippen LogP contribution is -2.22. The van der Waals surface area contributed by atoms with Crippen molar-refractivity contribution in [3.05, 3.63) is 247 Å². The van der Waals surface area contributed by atoms with Crippen molar-refractivity contribution >= 4 is 84.1 Å². The molecule has 0 spiro atoms. The van der Waals surface area contributed by atoms with Crippen molar-refractivity contribution in [1.82, 2.24) is 71.8 Å². The Labute approximate surface area is 571 Å². The number of nitrogens with zero attached hydrogens (tertiary/aromatic N) is 10. The van der Waals surface area contributed by atoms with Crippen LogP contribution in [0, 0.1) is 25.5 Å². The number of hydrogen-bond acceptors (Lipinski definition) is 11. The lowest BCUT2D eigenvalue weighted by molar-refractivity contribution is 0.415. The molecule has 10 heterocycles. The van der Waals surface area contributed by atoms with Gasteiger partial charge in [0.2, 0.25) is 28.9 Å². The first kappa shape index (κ1) is 68.3. The number of halogens is 2. The third-order valence-electron chi connectivity index (χ3n) is 17.8. The summed E-state index contributed by atoms with van der Waals surface area (Å²) in [6.45, 7) is 26.2. The second-order valence-electron chi connectivity index (χ2n) is 26.1. The molecule has 0 radical (unpaired) electrons. The number of H-pyrrole nitrogens is 5. The molecule has 0 bridgehead atoms. The zero-order valence-electron chi connectivity index (χ0n) is 58.3. The fourth-order valence-electron chi connectivity index (χ4n) is 12.6. The molecule has 6 aromatic carbocycles. The number of aromatic nitrogens is 15. The minimum absolute atomic E-state index is 0.0224. The second-order valence-corrected chi connectivity index (χ2v) is 26.1. The monoisotopic (exact) mass is 1350 g/mol. The van der Waals surface area contributed by atoms with E-state index < -0.39 is 0 Å². The fraction of sp³-hybridized carbons (Fsp3) is 0.273. The molecule has 5 N–H and O–H groups in total. The maximum Gasteiger partial charge on any atom is 0.263 e. The maximum absolute atomic E-state index is 13.4. The Morgan fingerprint density at radius 2 is 0.830 bits per heavy atom. The van der Waals surface area contributed by atoms with E-state index in [4.69, 9.17) is 9.72 Å². The van der Waals surface area contributed by atoms with Gasteiger partial charge in [0.1, 0.15) is 17.4 Å². The van der Waals surface area contributed by atoms with Crippen LogP contribution in [0.4, 0.5) is 8.78 Å². The molecular formula is C77H79F2N15O6. The SMILES string of the molecule is CCc1c(-c2ccc(OC)cc2)nc2[nH]c3ccccc3n2c1=O.CCc1c(C(C)C)[nH]c2nc3cc(F)ccc3n2c1=O.CCc1c(C(C)C)[nH]c2nc3ccc(F)cc3n2c1=O.Cc1ccc2c(c1)nc1[nH]c(C(C)C)cc(=O)n12.Cc1ccc2nc3[nH]c(C(C)C)cc(=O)n3c2c1. The van der Waals surface area contributed by atoms with E-state index in [2.05, 4.69) is 72.6 Å². The summed E-state index contributed by atoms with van der Waals surface area (Å²) in [5.74, 6) is 3.76. The van der Waals surface area contributed by atoms with Crippen LogP contribution < -0.4 is 32.5 Å². The number of ether oxygens (including phenoxy) is 1. The minimum atomic E-state index is -0.371. The zero-order chi connectivity index (χ0) is 71.3. The molecule has 100 heavy (non-hydrogen) atoms. The number of para-hydroxylation sites is 2. The molecular weight excluding hydrogens is 1270 g/mol. The normalized spacial score (nSPS) is 11.7. The van der Waals surface area contributed by atoms with Gasteiger partial charge in [-0.25, -0.2) is 55.7 Å². The molecule has 512 valence electrons. The van der Waals surface area contributed by atoms with Crippen molar-refractivity contribution in [3.63, 3.8) is 0 Å². The summed E-state index contributed by atoms with van der Waals surface area (Å²) in [5.41, 5.74) is 16.9. The van der Waals surface area contributed by atoms with Crippen LogP contribution in [-0.2, 0) is 19.3 Å². The van der Waals surface area contributed by atoms with Gasteiger partial charge in [-0.1, -0.05) is 100 Å². The van der Waals surface area contributed by atoms with Crippen molar-refractivity contribution in [1.29, 1.82) is 0 Å². The number of imidazole rings is 5. The first-order valence-corrected chi connectivity index (χ1v) is 33.6. The summed E-state index contributed by atoms with van der Waals surface area (Å²) in [7, 11) is 1.63. The molecule has 21 nitrogen and oxygen atoms in total. The number of nitrogens with one attached hydrogen (secondary N) is 5. The lowest BCUT2D eigenvalue weighted by Gasteiger charge is -2.11. The van der Waals surface area contributed by atoms with Crippen LogP contribution in [-0.4, -0.2) is 79.0 Å². The van der Waals surface area contributed by atoms with Crippen molar-refractivity contribution in [3.8, 4) is 17.0 Å². The van der Waals surface area contributed by atoms with Crippen LogP contribution in [0.25, 0.3) is 95.3 Å². The maximum atomic E-state index is 13.4. The Balaban J connectivity index is 0.000000119. The predicted molar refractivity (Wildman–Crippen MR) is 392 cm³/mol. The third-order valence-corrected chi connectivity index (χ3v) is 17.8. The van der Waals surface area contributed by atoms with Crippen molar-refractivity contribution in [2.45, 2.75) is 133 Å². The number of aryl methyl sites for hydroxylation is 2. The number of benzene rings is 6. The van der Waals surface area contributed by atoms with Gasteiger partial charge in [0.25, 0.3) is 27.8 Å². The van der Waals surface area contributed by atoms with E-state index in [1.54, 1.807) is 44.6 Å². The summed E-state index contributed by atoms with van der Waals surface area (Å²) in [6, 6.07) is 39.1. The van der Waals surface area contributed by atoms with E-state index >= 15 is 0 Å². The van der Waals surface area contributed by atoms with E-state index in [-0.39, 0.29) is 63.1 Å². The van der Waals surface area contributed by atoms with E-state index in [0.717, 1.165) is 95.1 Å². The average molecular weight is 1350 g/mol. The highest BCUT2D eigenvalue weighted by molar-refractivity contribution is 5.84. The smallest absolute Gasteiger partial charge is 0.263 e. The molecule has 0 aliphatic carbocycles. The molecule has 0 atom stereocenters. The molecule has 0 aliphatic rings. The van der Waals surface area contributed by atoms with Crippen molar-refractivity contribution in [2.24, 2.45) is 0 Å². The topological polar surface area (TPSA) is 260 Å². The number of aromatic amines is 5. The van der Waals surface area contributed by atoms with Gasteiger partial charge in [0.05, 0.1) is 68.0 Å². The highest BCUT2D eigenvalue weighted by atomic mass is 19.1. The van der Waals surface area contributed by atoms with E-state index in [1.165, 1.54) is 33.1 Å². The average Bonchev–Trinajstić information content (AvgIpc) is 1.60. The summed E-state index contributed by atoms with van der Waals surface area (Å²) in [4.78, 5) is 101. The number of fused-ring (bicyclic) bond motifs is 15. The molecule has 0 amide bonds. The largest absolute Gasteiger partial charge is 0.497 e. The van der Waals surface area contributed by atoms with E-state index in [1.807, 2.05) is 147 Å².